The van der Waals surface area contributed by atoms with Gasteiger partial charge in [-0.15, -0.1) is 16.9 Å². The summed E-state index contributed by atoms with van der Waals surface area (Å²) in [5.74, 6) is -3.15. The van der Waals surface area contributed by atoms with Crippen LogP contribution in [0.4, 0.5) is 5.95 Å². The van der Waals surface area contributed by atoms with Gasteiger partial charge in [0, 0.05) is 57.1 Å². The van der Waals surface area contributed by atoms with Crippen molar-refractivity contribution in [3.05, 3.63) is 69.3 Å². The number of tetrazole rings is 1. The second kappa shape index (κ2) is 15.6. The van der Waals surface area contributed by atoms with Crippen molar-refractivity contribution in [3.8, 4) is 5.75 Å². The molecule has 1 aromatic carbocycles. The summed E-state index contributed by atoms with van der Waals surface area (Å²) in [5.41, 5.74) is -0.330. The molecular weight excluding hydrogens is 728 g/mol. The fraction of sp³-hybridized carbons (Fsp3) is 0.333. The van der Waals surface area contributed by atoms with Crippen molar-refractivity contribution in [1.82, 2.24) is 56.0 Å². The predicted octanol–water partition coefficient (Wildman–Crippen LogP) is -5.37. The first-order valence-corrected chi connectivity index (χ1v) is 17.6. The van der Waals surface area contributed by atoms with Crippen LogP contribution in [-0.4, -0.2) is 118 Å². The van der Waals surface area contributed by atoms with Crippen LogP contribution >= 0.6 is 23.5 Å². The van der Waals surface area contributed by atoms with Crippen LogP contribution in [0.15, 0.2) is 57.9 Å². The molecular formula is C30H29N12NaO7S2. The molecule has 5 N–H and O–H groups in total. The number of piperazine rings is 1. The molecule has 2 fully saturated rings. The molecule has 3 aliphatic heterocycles. The molecule has 6 heterocycles. The SMILES string of the molecule is Cn1nnnc1SCC1=C(C(=O)[O-])N2C(=O)C(NC(=O)C(NC(=O)c3c[nH]c4nc(N5CCNCC5)ncc4c3=O)c3ccc(O)cc3)[C@H]2SC1.[Na+]. The number of carbonyl (C=O) groups is 4. The van der Waals surface area contributed by atoms with Crippen LogP contribution in [0, 0.1) is 0 Å². The Morgan fingerprint density at radius 3 is 2.62 bits per heavy atom. The van der Waals surface area contributed by atoms with Gasteiger partial charge in [0.2, 0.25) is 22.4 Å². The van der Waals surface area contributed by atoms with Crippen molar-refractivity contribution in [2.75, 3.05) is 42.6 Å². The number of carboxylic acid groups (broad SMARTS) is 1. The number of aliphatic carboxylic acids is 1. The van der Waals surface area contributed by atoms with Gasteiger partial charge >= 0.3 is 29.6 Å². The maximum Gasteiger partial charge on any atom is 1.00 e. The van der Waals surface area contributed by atoms with Crippen LogP contribution in [0.2, 0.25) is 0 Å². The molecule has 0 aliphatic carbocycles. The van der Waals surface area contributed by atoms with E-state index in [1.165, 1.54) is 64.9 Å². The zero-order valence-corrected chi connectivity index (χ0v) is 31.4. The molecule has 2 saturated heterocycles. The van der Waals surface area contributed by atoms with E-state index in [-0.39, 0.29) is 74.7 Å². The molecule has 22 heteroatoms. The van der Waals surface area contributed by atoms with Crippen LogP contribution in [0.5, 0.6) is 5.75 Å². The van der Waals surface area contributed by atoms with Crippen molar-refractivity contribution >= 4 is 64.2 Å². The van der Waals surface area contributed by atoms with E-state index in [0.717, 1.165) is 18.0 Å². The zero-order valence-electron chi connectivity index (χ0n) is 27.7. The number of aromatic amines is 1. The quantitative estimate of drug-likeness (QED) is 0.0575. The summed E-state index contributed by atoms with van der Waals surface area (Å²) >= 11 is 2.46. The molecule has 3 amide bonds. The standard InChI is InChI=1S/C30H30N12O7S2.Na/c1-40-30(37-38-39-40)51-13-15-12-50-27-20(26(47)42(27)21(15)28(48)49)35-25(46)19(14-2-4-16(43)5-3-14)34-24(45)18-11-32-23-17(22(18)44)10-33-29(36-23)41-8-6-31-7-9-41;/h2-5,10-11,19-20,27,31,43H,6-9,12-13H2,1H3,(H,34,45)(H,35,46)(H,48,49)(H,32,33,36,44);/q;+1/p-1/t19?,20?,27-;/m1./s1. The maximum absolute atomic E-state index is 13.8. The Morgan fingerprint density at radius 2 is 1.92 bits per heavy atom. The number of H-pyrrole nitrogens is 1. The van der Waals surface area contributed by atoms with E-state index < -0.39 is 46.6 Å². The summed E-state index contributed by atoms with van der Waals surface area (Å²) in [4.78, 5) is 81.1. The van der Waals surface area contributed by atoms with Crippen molar-refractivity contribution in [3.63, 3.8) is 0 Å². The number of amides is 3. The van der Waals surface area contributed by atoms with E-state index in [1.807, 2.05) is 4.90 Å². The summed E-state index contributed by atoms with van der Waals surface area (Å²) in [7, 11) is 1.64. The van der Waals surface area contributed by atoms with Crippen molar-refractivity contribution < 1.29 is 58.9 Å². The summed E-state index contributed by atoms with van der Waals surface area (Å²) in [6, 6.07) is 2.91. The molecule has 4 aromatic rings. The number of nitrogens with one attached hydrogen (secondary N) is 4. The maximum atomic E-state index is 13.8. The van der Waals surface area contributed by atoms with Crippen molar-refractivity contribution in [2.45, 2.75) is 22.6 Å². The Balaban J connectivity index is 0.00000464. The van der Waals surface area contributed by atoms with E-state index >= 15 is 0 Å². The number of hydrogen-bond acceptors (Lipinski definition) is 16. The average molecular weight is 757 g/mol. The van der Waals surface area contributed by atoms with Gasteiger partial charge < -0.3 is 40.8 Å². The number of aryl methyl sites for hydroxylation is 1. The van der Waals surface area contributed by atoms with Crippen LogP contribution in [0.25, 0.3) is 11.0 Å². The van der Waals surface area contributed by atoms with E-state index in [9.17, 15) is 34.2 Å². The number of carbonyl (C=O) groups excluding carboxylic acids is 4. The number of thioether (sulfide) groups is 2. The van der Waals surface area contributed by atoms with Gasteiger partial charge in [0.25, 0.3) is 11.8 Å². The third-order valence-corrected chi connectivity index (χ3v) is 11.0. The normalized spacial score (nSPS) is 19.0. The number of carboxylic acids is 1. The minimum absolute atomic E-state index is 0. The Labute approximate surface area is 324 Å². The monoisotopic (exact) mass is 756 g/mol. The number of fused-ring (bicyclic) bond motifs is 2. The Kier molecular flexibility index (Phi) is 11.2. The van der Waals surface area contributed by atoms with E-state index in [2.05, 4.69) is 46.4 Å². The van der Waals surface area contributed by atoms with Crippen LogP contribution in [0.1, 0.15) is 22.0 Å². The fourth-order valence-corrected chi connectivity index (χ4v) is 8.21. The number of aromatic hydroxyl groups is 1. The van der Waals surface area contributed by atoms with Gasteiger partial charge in [0.15, 0.2) is 0 Å². The fourth-order valence-electron chi connectivity index (χ4n) is 5.88. The topological polar surface area (TPSA) is 256 Å². The summed E-state index contributed by atoms with van der Waals surface area (Å²) in [5, 5.41) is 41.5. The predicted molar refractivity (Wildman–Crippen MR) is 180 cm³/mol. The van der Waals surface area contributed by atoms with E-state index in [1.54, 1.807) is 7.05 Å². The van der Waals surface area contributed by atoms with Crippen molar-refractivity contribution in [2.24, 2.45) is 7.05 Å². The first-order chi connectivity index (χ1) is 24.6. The van der Waals surface area contributed by atoms with Crippen LogP contribution in [0.3, 0.4) is 0 Å². The molecule has 0 spiro atoms. The molecule has 0 radical (unpaired) electrons. The molecule has 0 bridgehead atoms. The largest absolute Gasteiger partial charge is 1.00 e. The third kappa shape index (κ3) is 7.23. The number of phenolic OH excluding ortho intramolecular Hbond substituents is 1. The molecule has 0 saturated carbocycles. The number of phenols is 1. The number of hydrogen-bond donors (Lipinski definition) is 5. The van der Waals surface area contributed by atoms with E-state index in [4.69, 9.17) is 0 Å². The number of pyridine rings is 1. The minimum Gasteiger partial charge on any atom is -0.543 e. The van der Waals surface area contributed by atoms with E-state index in [0.29, 0.717) is 29.8 Å². The summed E-state index contributed by atoms with van der Waals surface area (Å²) in [6.45, 7) is 2.92. The second-order valence-corrected chi connectivity index (χ2v) is 13.8. The number of rotatable bonds is 10. The number of benzene rings is 1. The first-order valence-electron chi connectivity index (χ1n) is 15.6. The number of β-lactam (4-membered cyclic amide) rings is 1. The van der Waals surface area contributed by atoms with Gasteiger partial charge in [-0.05, 0) is 33.7 Å². The summed E-state index contributed by atoms with van der Waals surface area (Å²) in [6.07, 6.45) is 2.55. The molecule has 2 unspecified atom stereocenters. The third-order valence-electron chi connectivity index (χ3n) is 8.52. The smallest absolute Gasteiger partial charge is 0.543 e. The summed E-state index contributed by atoms with van der Waals surface area (Å²) < 4.78 is 1.43. The average Bonchev–Trinajstić information content (AvgIpc) is 3.56. The van der Waals surface area contributed by atoms with Gasteiger partial charge in [-0.1, -0.05) is 23.9 Å². The van der Waals surface area contributed by atoms with Gasteiger partial charge in [-0.2, -0.15) is 4.98 Å². The van der Waals surface area contributed by atoms with Gasteiger partial charge in [-0.25, -0.2) is 9.67 Å². The molecule has 52 heavy (non-hydrogen) atoms. The van der Waals surface area contributed by atoms with Gasteiger partial charge in [0.1, 0.15) is 34.4 Å². The molecule has 264 valence electrons. The Morgan fingerprint density at radius 1 is 1.17 bits per heavy atom. The zero-order chi connectivity index (χ0) is 35.8. The molecule has 3 atom stereocenters. The van der Waals surface area contributed by atoms with Crippen LogP contribution in [-0.2, 0) is 21.4 Å². The molecule has 19 nitrogen and oxygen atoms in total. The molecule has 3 aliphatic rings. The Hall–Kier alpha value is -4.54. The van der Waals surface area contributed by atoms with Gasteiger partial charge in [0.05, 0.1) is 17.1 Å². The first kappa shape index (κ1) is 37.2. The molecule has 3 aromatic heterocycles. The van der Waals surface area contributed by atoms with Crippen molar-refractivity contribution in [1.29, 1.82) is 0 Å². The number of anilines is 1. The Bertz CT molecular complexity index is 2140. The van der Waals surface area contributed by atoms with Crippen LogP contribution < -0.4 is 60.9 Å². The van der Waals surface area contributed by atoms with Gasteiger partial charge in [-0.3, -0.25) is 24.1 Å². The second-order valence-electron chi connectivity index (χ2n) is 11.7. The number of nitrogens with zero attached hydrogens (tertiary/aromatic N) is 8. The minimum atomic E-state index is -1.54. The molecule has 7 rings (SSSR count). The number of aromatic nitrogens is 7.